The summed E-state index contributed by atoms with van der Waals surface area (Å²) in [7, 11) is 9.87. The molecular weight excluding hydrogens is 513 g/mol. The Bertz CT molecular complexity index is 936. The van der Waals surface area contributed by atoms with Gasteiger partial charge >= 0.3 is 35.6 Å². The van der Waals surface area contributed by atoms with Gasteiger partial charge in [0, 0.05) is 0 Å². The van der Waals surface area contributed by atoms with E-state index >= 15 is 0 Å². The summed E-state index contributed by atoms with van der Waals surface area (Å²) in [5, 5.41) is 8.48. The van der Waals surface area contributed by atoms with Crippen LogP contribution in [0.1, 0.15) is 18.4 Å². The van der Waals surface area contributed by atoms with E-state index in [4.69, 9.17) is 23.6 Å². The van der Waals surface area contributed by atoms with Crippen LogP contribution < -0.4 is 0 Å². The van der Waals surface area contributed by atoms with Crippen molar-refractivity contribution in [3.63, 3.8) is 0 Å². The van der Waals surface area contributed by atoms with E-state index in [1.165, 1.54) is 35.1 Å². The van der Waals surface area contributed by atoms with Crippen LogP contribution in [0.25, 0.3) is 32.3 Å². The molecule has 2 aliphatic rings. The molecule has 0 heterocycles. The number of allylic oxidation sites excluding steroid dienone is 4. The van der Waals surface area contributed by atoms with Crippen LogP contribution in [-0.4, -0.2) is 28.6 Å². The Labute approximate surface area is 224 Å². The standard InChI is InChI=1S/C26H32N3Si.CH3.2ClH.Ti/c1-27-18-28-19-29-30(2,3)26-16-15-24-23(13-8-14-25(24)26)22-12-7-11-21(17-22)20-9-5-4-6-10-20;;;;/h4-14,17,24-26H,15-16,18-19H2,1-3H3;1H3;2*1H;/q-3;-1;;;+6/p-2. The van der Waals surface area contributed by atoms with Crippen molar-refractivity contribution in [1.29, 1.82) is 0 Å². The number of halogens is 2. The van der Waals surface area contributed by atoms with Crippen LogP contribution >= 0.6 is 18.6 Å². The normalized spacial score (nSPS) is 21.2. The molecule has 0 spiro atoms. The molecule has 0 N–H and O–H groups in total. The zero-order chi connectivity index (χ0) is 23.7. The summed E-state index contributed by atoms with van der Waals surface area (Å²) in [5.41, 5.74) is 6.13. The molecule has 1 saturated carbocycles. The fraction of sp³-hybridized carbons (Fsp3) is 0.370. The Morgan fingerprint density at radius 3 is 2.32 bits per heavy atom. The summed E-state index contributed by atoms with van der Waals surface area (Å²) in [4.78, 5) is 5.08. The van der Waals surface area contributed by atoms with Gasteiger partial charge in [-0.25, -0.2) is 0 Å². The molecular formula is C27H35Cl2N3SiTi. The summed E-state index contributed by atoms with van der Waals surface area (Å²) in [6, 6.07) is 19.7. The van der Waals surface area contributed by atoms with Crippen molar-refractivity contribution in [3.8, 4) is 11.1 Å². The Morgan fingerprint density at radius 2 is 1.62 bits per heavy atom. The van der Waals surface area contributed by atoms with Gasteiger partial charge in [-0.05, 0) is 46.6 Å². The number of hydrogen-bond donors (Lipinski definition) is 0. The average Bonchev–Trinajstić information content (AvgIpc) is 3.28. The maximum absolute atomic E-state index is 5.08. The summed E-state index contributed by atoms with van der Waals surface area (Å²) < 4.78 is 0. The molecule has 0 bridgehead atoms. The third-order valence-electron chi connectivity index (χ3n) is 6.76. The second-order valence-electron chi connectivity index (χ2n) is 9.03. The third kappa shape index (κ3) is 7.65. The van der Waals surface area contributed by atoms with E-state index in [1.54, 1.807) is 7.05 Å². The van der Waals surface area contributed by atoms with Crippen molar-refractivity contribution in [2.75, 3.05) is 20.4 Å². The van der Waals surface area contributed by atoms with Crippen molar-refractivity contribution in [2.45, 2.75) is 31.5 Å². The quantitative estimate of drug-likeness (QED) is 0.179. The monoisotopic (exact) mass is 547 g/mol. The van der Waals surface area contributed by atoms with E-state index in [0.29, 0.717) is 30.7 Å². The van der Waals surface area contributed by atoms with Crippen molar-refractivity contribution in [3.05, 3.63) is 101 Å². The molecule has 0 radical (unpaired) electrons. The van der Waals surface area contributed by atoms with Gasteiger partial charge in [0.2, 0.25) is 0 Å². The Balaban J connectivity index is 0.000000970. The molecule has 3 atom stereocenters. The minimum atomic E-state index is -1.71. The number of rotatable bonds is 8. The molecule has 180 valence electrons. The van der Waals surface area contributed by atoms with Crippen LogP contribution in [-0.2, 0) is 17.0 Å². The van der Waals surface area contributed by atoms with Gasteiger partial charge in [-0.3, -0.25) is 13.3 Å². The van der Waals surface area contributed by atoms with Gasteiger partial charge < -0.3 is 23.0 Å². The molecule has 2 aromatic carbocycles. The van der Waals surface area contributed by atoms with E-state index in [9.17, 15) is 0 Å². The minimum absolute atomic E-state index is 0. The Kier molecular flexibility index (Phi) is 12.8. The summed E-state index contributed by atoms with van der Waals surface area (Å²) >= 11 is -0.556. The fourth-order valence-electron chi connectivity index (χ4n) is 5.20. The summed E-state index contributed by atoms with van der Waals surface area (Å²) in [5.74, 6) is 1.21. The molecule has 0 aromatic heterocycles. The van der Waals surface area contributed by atoms with Crippen molar-refractivity contribution < 1.29 is 17.0 Å². The second-order valence-corrected chi connectivity index (χ2v) is 16.0. The fourth-order valence-corrected chi connectivity index (χ4v) is 8.06. The van der Waals surface area contributed by atoms with Gasteiger partial charge in [-0.1, -0.05) is 100 Å². The maximum atomic E-state index is 5.08. The zero-order valence-corrected chi connectivity index (χ0v) is 24.7. The predicted molar refractivity (Wildman–Crippen MR) is 150 cm³/mol. The molecule has 2 aromatic rings. The molecule has 7 heteroatoms. The predicted octanol–water partition coefficient (Wildman–Crippen LogP) is 9.40. The number of hydrogen-bond acceptors (Lipinski definition) is 0. The molecule has 4 rings (SSSR count). The number of fused-ring (bicyclic) bond motifs is 1. The number of nitrogens with zero attached hydrogens (tertiary/aromatic N) is 3. The van der Waals surface area contributed by atoms with Crippen LogP contribution in [0, 0.1) is 19.3 Å². The zero-order valence-electron chi connectivity index (χ0n) is 20.6. The van der Waals surface area contributed by atoms with Gasteiger partial charge in [0.15, 0.2) is 0 Å². The first-order valence-electron chi connectivity index (χ1n) is 11.4. The summed E-state index contributed by atoms with van der Waals surface area (Å²) in [6.07, 6.45) is 9.62. The first-order chi connectivity index (χ1) is 16.0. The van der Waals surface area contributed by atoms with Crippen molar-refractivity contribution in [1.82, 2.24) is 0 Å². The van der Waals surface area contributed by atoms with E-state index in [1.807, 2.05) is 0 Å². The molecule has 3 unspecified atom stereocenters. The van der Waals surface area contributed by atoms with E-state index in [0.717, 1.165) is 0 Å². The van der Waals surface area contributed by atoms with E-state index in [-0.39, 0.29) is 7.43 Å². The van der Waals surface area contributed by atoms with Gasteiger partial charge in [-0.15, -0.1) is 0 Å². The van der Waals surface area contributed by atoms with Crippen LogP contribution in [0.15, 0.2) is 72.8 Å². The van der Waals surface area contributed by atoms with Crippen LogP contribution in [0.4, 0.5) is 0 Å². The third-order valence-corrected chi connectivity index (χ3v) is 10.2. The first-order valence-corrected chi connectivity index (χ1v) is 18.7. The molecule has 0 aliphatic heterocycles. The van der Waals surface area contributed by atoms with E-state index in [2.05, 4.69) is 96.6 Å². The second kappa shape index (κ2) is 14.8. The van der Waals surface area contributed by atoms with Crippen LogP contribution in [0.3, 0.4) is 0 Å². The molecule has 2 aliphatic carbocycles. The van der Waals surface area contributed by atoms with Crippen LogP contribution in [0.5, 0.6) is 0 Å². The van der Waals surface area contributed by atoms with Crippen molar-refractivity contribution in [2.24, 2.45) is 11.8 Å². The van der Waals surface area contributed by atoms with Gasteiger partial charge in [-0.2, -0.15) is 7.05 Å². The number of benzene rings is 2. The molecule has 0 amide bonds. The van der Waals surface area contributed by atoms with Crippen LogP contribution in [0.2, 0.25) is 18.6 Å². The SMILES string of the molecule is C[N-]C[N-]C[N-][Si](C)(C)C1CCC2C(c3cccc(-c4ccccc4)c3)=CC=CC21.[CH3-].[Cl][Ti+4][Cl]. The molecule has 0 saturated heterocycles. The molecule has 34 heavy (non-hydrogen) atoms. The molecule has 1 fully saturated rings. The summed E-state index contributed by atoms with van der Waals surface area (Å²) in [6.45, 7) is 6.01. The van der Waals surface area contributed by atoms with Gasteiger partial charge in [0.25, 0.3) is 0 Å². The first kappa shape index (κ1) is 29.5. The molecule has 3 nitrogen and oxygen atoms in total. The van der Waals surface area contributed by atoms with E-state index < -0.39 is 25.3 Å². The average molecular weight is 548 g/mol. The topological polar surface area (TPSA) is 42.3 Å². The Morgan fingerprint density at radius 1 is 0.941 bits per heavy atom. The van der Waals surface area contributed by atoms with Crippen molar-refractivity contribution >= 4 is 32.4 Å². The Hall–Kier alpha value is -0.689. The van der Waals surface area contributed by atoms with Gasteiger partial charge in [0.05, 0.1) is 0 Å². The van der Waals surface area contributed by atoms with Gasteiger partial charge in [0.1, 0.15) is 0 Å².